The highest BCUT2D eigenvalue weighted by Gasteiger charge is 2.10. The van der Waals surface area contributed by atoms with Crippen molar-refractivity contribution in [3.8, 4) is 0 Å². The number of aromatic amines is 2. The quantitative estimate of drug-likeness (QED) is 0.120. The smallest absolute Gasteiger partial charge is 0.423 e. The summed E-state index contributed by atoms with van der Waals surface area (Å²) < 4.78 is 0. The average Bonchev–Trinajstić information content (AvgIpc) is 3.63. The summed E-state index contributed by atoms with van der Waals surface area (Å²) >= 11 is 11.6. The van der Waals surface area contributed by atoms with Gasteiger partial charge in [0, 0.05) is 56.6 Å². The summed E-state index contributed by atoms with van der Waals surface area (Å²) in [5.74, 6) is 0. The molecule has 0 amide bonds. The van der Waals surface area contributed by atoms with E-state index in [1.807, 2.05) is 67.8 Å². The second-order valence-electron chi connectivity index (χ2n) is 9.74. The highest BCUT2D eigenvalue weighted by atomic mass is 35.5. The Bertz CT molecular complexity index is 1670. The van der Waals surface area contributed by atoms with Gasteiger partial charge < -0.3 is 31.1 Å². The number of nitrogens with one attached hydrogen (secondary N) is 3. The molecule has 9 heteroatoms. The molecule has 0 spiro atoms. The van der Waals surface area contributed by atoms with Gasteiger partial charge in [-0.05, 0) is 96.5 Å². The number of rotatable bonds is 5. The van der Waals surface area contributed by atoms with Crippen LogP contribution in [-0.4, -0.2) is 27.1 Å². The van der Waals surface area contributed by atoms with E-state index in [2.05, 4.69) is 58.6 Å². The second-order valence-corrected chi connectivity index (χ2v) is 10.6. The SMILES string of the molecule is C[C@H](N)c1ccc(Cl)cc1.C[C@H](Nc1ccc2[nH]ccc2c1)c1ccc(Cl)cc1.OB(O)c1ccc2[nH]ccc2c1. The van der Waals surface area contributed by atoms with E-state index in [0.29, 0.717) is 5.46 Å². The van der Waals surface area contributed by atoms with Crippen molar-refractivity contribution < 1.29 is 10.0 Å². The van der Waals surface area contributed by atoms with E-state index in [-0.39, 0.29) is 12.1 Å². The third kappa shape index (κ3) is 8.63. The van der Waals surface area contributed by atoms with Crippen LogP contribution in [0.5, 0.6) is 0 Å². The third-order valence-electron chi connectivity index (χ3n) is 6.58. The Hall–Kier alpha value is -3.72. The van der Waals surface area contributed by atoms with Crippen LogP contribution in [0.25, 0.3) is 21.8 Å². The second kappa shape index (κ2) is 14.3. The molecule has 2 heterocycles. The molecule has 0 fully saturated rings. The molecule has 210 valence electrons. The summed E-state index contributed by atoms with van der Waals surface area (Å²) in [7, 11) is -1.38. The molecule has 7 N–H and O–H groups in total. The fourth-order valence-electron chi connectivity index (χ4n) is 4.23. The van der Waals surface area contributed by atoms with Crippen molar-refractivity contribution >= 4 is 63.3 Å². The number of fused-ring (bicyclic) bond motifs is 2. The monoisotopic (exact) mass is 586 g/mol. The van der Waals surface area contributed by atoms with Gasteiger partial charge in [-0.25, -0.2) is 0 Å². The molecule has 6 aromatic rings. The highest BCUT2D eigenvalue weighted by molar-refractivity contribution is 6.58. The number of hydrogen-bond donors (Lipinski definition) is 6. The number of H-pyrrole nitrogens is 2. The van der Waals surface area contributed by atoms with Gasteiger partial charge in [-0.2, -0.15) is 0 Å². The molecule has 6 nitrogen and oxygen atoms in total. The van der Waals surface area contributed by atoms with E-state index in [1.54, 1.807) is 12.1 Å². The Kier molecular flexibility index (Phi) is 10.5. The normalized spacial score (nSPS) is 12.1. The Labute approximate surface area is 250 Å². The molecule has 0 radical (unpaired) electrons. The molecular weight excluding hydrogens is 554 g/mol. The fraction of sp³-hybridized carbons (Fsp3) is 0.125. The molecule has 6 rings (SSSR count). The van der Waals surface area contributed by atoms with Gasteiger partial charge in [-0.1, -0.05) is 59.6 Å². The van der Waals surface area contributed by atoms with Gasteiger partial charge in [-0.3, -0.25) is 0 Å². The first-order chi connectivity index (χ1) is 19.7. The molecule has 2 aromatic heterocycles. The van der Waals surface area contributed by atoms with Crippen LogP contribution in [0.2, 0.25) is 10.0 Å². The van der Waals surface area contributed by atoms with Crippen molar-refractivity contribution in [1.29, 1.82) is 0 Å². The standard InChI is InChI=1S/C16H15ClN2.C8H8BNO2.C8H10ClN/c1-11(12-2-4-14(17)5-3-12)19-15-6-7-16-13(10-15)8-9-18-16;11-9(12)7-1-2-8-6(5-7)3-4-10-8;1-6(10)7-2-4-8(9)5-3-7/h2-11,18-19H,1H3;1-5,10-12H;2-6H,10H2,1H3/t11-;;6-/m0.0/s1. The van der Waals surface area contributed by atoms with Gasteiger partial charge in [-0.15, -0.1) is 0 Å². The lowest BCUT2D eigenvalue weighted by molar-refractivity contribution is 0.426. The largest absolute Gasteiger partial charge is 0.488 e. The van der Waals surface area contributed by atoms with E-state index in [0.717, 1.165) is 37.7 Å². The Morgan fingerprint density at radius 3 is 1.73 bits per heavy atom. The van der Waals surface area contributed by atoms with Gasteiger partial charge in [0.05, 0.1) is 0 Å². The minimum absolute atomic E-state index is 0.0947. The molecule has 0 saturated heterocycles. The maximum Gasteiger partial charge on any atom is 0.488 e. The summed E-state index contributed by atoms with van der Waals surface area (Å²) in [6.45, 7) is 4.09. The van der Waals surface area contributed by atoms with Crippen LogP contribution in [-0.2, 0) is 0 Å². The van der Waals surface area contributed by atoms with Crippen molar-refractivity contribution in [3.63, 3.8) is 0 Å². The van der Waals surface area contributed by atoms with Gasteiger partial charge >= 0.3 is 7.12 Å². The number of aromatic nitrogens is 2. The van der Waals surface area contributed by atoms with E-state index >= 15 is 0 Å². The van der Waals surface area contributed by atoms with Crippen LogP contribution in [0, 0.1) is 0 Å². The van der Waals surface area contributed by atoms with Crippen LogP contribution in [0.4, 0.5) is 5.69 Å². The summed E-state index contributed by atoms with van der Waals surface area (Å²) in [6, 6.07) is 31.4. The molecular formula is C32H33BCl2N4O2. The van der Waals surface area contributed by atoms with E-state index in [4.69, 9.17) is 39.0 Å². The van der Waals surface area contributed by atoms with Crippen LogP contribution >= 0.6 is 23.2 Å². The van der Waals surface area contributed by atoms with E-state index in [1.165, 1.54) is 10.9 Å². The van der Waals surface area contributed by atoms with Gasteiger partial charge in [0.25, 0.3) is 0 Å². The molecule has 4 aromatic carbocycles. The molecule has 0 bridgehead atoms. The number of benzene rings is 4. The lowest BCUT2D eigenvalue weighted by Gasteiger charge is -2.16. The summed E-state index contributed by atoms with van der Waals surface area (Å²) in [4.78, 5) is 6.22. The molecule has 0 aliphatic rings. The van der Waals surface area contributed by atoms with Crippen LogP contribution in [0.3, 0.4) is 0 Å². The average molecular weight is 587 g/mol. The first-order valence-corrected chi connectivity index (χ1v) is 14.0. The van der Waals surface area contributed by atoms with Crippen LogP contribution in [0.1, 0.15) is 37.1 Å². The fourth-order valence-corrected chi connectivity index (χ4v) is 4.48. The maximum absolute atomic E-state index is 8.87. The van der Waals surface area contributed by atoms with E-state index < -0.39 is 7.12 Å². The summed E-state index contributed by atoms with van der Waals surface area (Å²) in [5.41, 5.74) is 11.7. The molecule has 0 aliphatic carbocycles. The van der Waals surface area contributed by atoms with Crippen LogP contribution < -0.4 is 16.5 Å². The first kappa shape index (κ1) is 30.2. The number of halogens is 2. The maximum atomic E-state index is 8.87. The summed E-state index contributed by atoms with van der Waals surface area (Å²) in [6.07, 6.45) is 3.77. The van der Waals surface area contributed by atoms with Crippen LogP contribution in [0.15, 0.2) is 109 Å². The van der Waals surface area contributed by atoms with E-state index in [9.17, 15) is 0 Å². The van der Waals surface area contributed by atoms with Gasteiger partial charge in [0.2, 0.25) is 0 Å². The molecule has 0 unspecified atom stereocenters. The van der Waals surface area contributed by atoms with Crippen molar-refractivity contribution in [1.82, 2.24) is 9.97 Å². The Morgan fingerprint density at radius 1 is 0.683 bits per heavy atom. The first-order valence-electron chi connectivity index (χ1n) is 13.2. The van der Waals surface area contributed by atoms with Gasteiger partial charge in [0.1, 0.15) is 0 Å². The highest BCUT2D eigenvalue weighted by Crippen LogP contribution is 2.24. The molecule has 0 saturated carbocycles. The predicted molar refractivity (Wildman–Crippen MR) is 174 cm³/mol. The Balaban J connectivity index is 0.000000152. The topological polar surface area (TPSA) is 110 Å². The summed E-state index contributed by atoms with van der Waals surface area (Å²) in [5, 5.41) is 25.0. The Morgan fingerprint density at radius 2 is 1.20 bits per heavy atom. The number of anilines is 1. The number of nitrogens with two attached hydrogens (primary N) is 1. The lowest BCUT2D eigenvalue weighted by Crippen LogP contribution is -2.29. The lowest BCUT2D eigenvalue weighted by atomic mass is 9.80. The van der Waals surface area contributed by atoms with Crippen molar-refractivity contribution in [3.05, 3.63) is 131 Å². The molecule has 2 atom stereocenters. The zero-order valence-corrected chi connectivity index (χ0v) is 24.4. The minimum atomic E-state index is -1.38. The van der Waals surface area contributed by atoms with Crippen molar-refractivity contribution in [2.24, 2.45) is 5.73 Å². The zero-order valence-electron chi connectivity index (χ0n) is 22.9. The van der Waals surface area contributed by atoms with Crippen molar-refractivity contribution in [2.45, 2.75) is 25.9 Å². The van der Waals surface area contributed by atoms with Crippen molar-refractivity contribution in [2.75, 3.05) is 5.32 Å². The predicted octanol–water partition coefficient (Wildman–Crippen LogP) is 7.20. The number of hydrogen-bond acceptors (Lipinski definition) is 4. The molecule has 41 heavy (non-hydrogen) atoms. The zero-order chi connectivity index (χ0) is 29.4. The van der Waals surface area contributed by atoms with Gasteiger partial charge in [0.15, 0.2) is 0 Å². The molecule has 0 aliphatic heterocycles. The third-order valence-corrected chi connectivity index (χ3v) is 7.08. The minimum Gasteiger partial charge on any atom is -0.423 e.